The minimum atomic E-state index is -3.39. The Balaban J connectivity index is 1.83. The monoisotopic (exact) mass is 315 g/mol. The lowest BCUT2D eigenvalue weighted by molar-refractivity contribution is 0.315. The highest BCUT2D eigenvalue weighted by Crippen LogP contribution is 2.30. The van der Waals surface area contributed by atoms with E-state index in [-0.39, 0.29) is 5.92 Å². The van der Waals surface area contributed by atoms with Gasteiger partial charge in [-0.15, -0.1) is 0 Å². The first-order chi connectivity index (χ1) is 10.6. The fourth-order valence-corrected chi connectivity index (χ4v) is 4.54. The third kappa shape index (κ3) is 3.08. The van der Waals surface area contributed by atoms with Gasteiger partial charge < -0.3 is 0 Å². The predicted octanol–water partition coefficient (Wildman–Crippen LogP) is 3.56. The quantitative estimate of drug-likeness (QED) is 0.868. The Bertz CT molecular complexity index is 723. The largest absolute Gasteiger partial charge is 0.243 e. The van der Waals surface area contributed by atoms with Crippen molar-refractivity contribution in [3.8, 4) is 0 Å². The molecule has 0 amide bonds. The van der Waals surface area contributed by atoms with Gasteiger partial charge in [-0.25, -0.2) is 8.42 Å². The number of benzene rings is 2. The number of aryl methyl sites for hydroxylation is 1. The van der Waals surface area contributed by atoms with Gasteiger partial charge in [-0.3, -0.25) is 0 Å². The van der Waals surface area contributed by atoms with E-state index < -0.39 is 10.0 Å². The van der Waals surface area contributed by atoms with E-state index in [2.05, 4.69) is 12.1 Å². The predicted molar refractivity (Wildman–Crippen MR) is 88.4 cm³/mol. The zero-order valence-electron chi connectivity index (χ0n) is 12.8. The van der Waals surface area contributed by atoms with Crippen LogP contribution in [0.2, 0.25) is 0 Å². The van der Waals surface area contributed by atoms with E-state index in [9.17, 15) is 8.42 Å². The van der Waals surface area contributed by atoms with Crippen molar-refractivity contribution in [1.29, 1.82) is 0 Å². The molecule has 1 aliphatic rings. The average Bonchev–Trinajstić information content (AvgIpc) is 2.56. The average molecular weight is 315 g/mol. The molecule has 1 fully saturated rings. The molecule has 3 rings (SSSR count). The van der Waals surface area contributed by atoms with Crippen molar-refractivity contribution in [2.45, 2.75) is 30.6 Å². The second-order valence-corrected chi connectivity index (χ2v) is 7.86. The Kier molecular flexibility index (Phi) is 4.32. The molecule has 3 nitrogen and oxygen atoms in total. The van der Waals surface area contributed by atoms with E-state index in [1.807, 2.05) is 37.3 Å². The first kappa shape index (κ1) is 15.3. The van der Waals surface area contributed by atoms with Gasteiger partial charge in [0.1, 0.15) is 0 Å². The smallest absolute Gasteiger partial charge is 0.207 e. The minimum absolute atomic E-state index is 0.287. The number of hydrogen-bond acceptors (Lipinski definition) is 2. The highest BCUT2D eigenvalue weighted by molar-refractivity contribution is 7.89. The lowest BCUT2D eigenvalue weighted by atomic mass is 9.92. The van der Waals surface area contributed by atoms with Crippen LogP contribution in [-0.4, -0.2) is 25.8 Å². The molecule has 2 aromatic rings. The summed E-state index contributed by atoms with van der Waals surface area (Å²) in [6.07, 6.45) is 1.95. The van der Waals surface area contributed by atoms with Crippen LogP contribution in [0.1, 0.15) is 29.9 Å². The third-order valence-electron chi connectivity index (χ3n) is 4.31. The highest BCUT2D eigenvalue weighted by Gasteiger charge is 2.30. The Morgan fingerprint density at radius 3 is 2.36 bits per heavy atom. The Labute approximate surface area is 132 Å². The van der Waals surface area contributed by atoms with Crippen molar-refractivity contribution in [3.05, 3.63) is 65.7 Å². The Morgan fingerprint density at radius 2 is 1.68 bits per heavy atom. The maximum absolute atomic E-state index is 12.8. The summed E-state index contributed by atoms with van der Waals surface area (Å²) in [5.74, 6) is 0.287. The van der Waals surface area contributed by atoms with Crippen molar-refractivity contribution >= 4 is 10.0 Å². The van der Waals surface area contributed by atoms with E-state index >= 15 is 0 Å². The summed E-state index contributed by atoms with van der Waals surface area (Å²) in [6, 6.07) is 17.3. The topological polar surface area (TPSA) is 37.4 Å². The van der Waals surface area contributed by atoms with Crippen molar-refractivity contribution in [2.75, 3.05) is 13.1 Å². The molecule has 1 atom stereocenters. The van der Waals surface area contributed by atoms with E-state index in [0.717, 1.165) is 18.4 Å². The molecule has 1 heterocycles. The Morgan fingerprint density at radius 1 is 1.00 bits per heavy atom. The summed E-state index contributed by atoms with van der Waals surface area (Å²) in [4.78, 5) is 0.395. The van der Waals surface area contributed by atoms with Crippen LogP contribution in [0.5, 0.6) is 0 Å². The maximum atomic E-state index is 12.8. The summed E-state index contributed by atoms with van der Waals surface area (Å²) < 4.78 is 27.2. The number of nitrogens with zero attached hydrogens (tertiary/aromatic N) is 1. The second kappa shape index (κ2) is 6.23. The normalized spacial score (nSPS) is 20.0. The fraction of sp³-hybridized carbons (Fsp3) is 0.333. The lowest BCUT2D eigenvalue weighted by Crippen LogP contribution is -2.39. The molecule has 1 aliphatic heterocycles. The van der Waals surface area contributed by atoms with Gasteiger partial charge in [0.05, 0.1) is 4.90 Å². The minimum Gasteiger partial charge on any atom is -0.207 e. The molecule has 0 unspecified atom stereocenters. The van der Waals surface area contributed by atoms with E-state index in [1.54, 1.807) is 16.4 Å². The zero-order valence-corrected chi connectivity index (χ0v) is 13.6. The third-order valence-corrected chi connectivity index (χ3v) is 6.19. The summed E-state index contributed by atoms with van der Waals surface area (Å²) in [7, 11) is -3.39. The summed E-state index contributed by atoms with van der Waals surface area (Å²) in [5, 5.41) is 0. The lowest BCUT2D eigenvalue weighted by Gasteiger charge is -2.32. The number of sulfonamides is 1. The molecule has 0 radical (unpaired) electrons. The standard InChI is InChI=1S/C18H21NO2S/c1-15-9-11-18(12-10-15)22(20,21)19-13-5-8-17(14-19)16-6-3-2-4-7-16/h2-4,6-7,9-12,17H,5,8,13-14H2,1H3/t17-/m0/s1. The van der Waals surface area contributed by atoms with Crippen molar-refractivity contribution in [2.24, 2.45) is 0 Å². The van der Waals surface area contributed by atoms with Crippen LogP contribution in [-0.2, 0) is 10.0 Å². The summed E-state index contributed by atoms with van der Waals surface area (Å²) in [6.45, 7) is 3.14. The molecule has 2 aromatic carbocycles. The molecule has 4 heteroatoms. The molecule has 116 valence electrons. The number of hydrogen-bond donors (Lipinski definition) is 0. The van der Waals surface area contributed by atoms with E-state index in [4.69, 9.17) is 0 Å². The second-order valence-electron chi connectivity index (χ2n) is 5.93. The van der Waals surface area contributed by atoms with Crippen LogP contribution in [0, 0.1) is 6.92 Å². The molecular formula is C18H21NO2S. The highest BCUT2D eigenvalue weighted by atomic mass is 32.2. The van der Waals surface area contributed by atoms with Crippen LogP contribution < -0.4 is 0 Å². The van der Waals surface area contributed by atoms with Crippen molar-refractivity contribution < 1.29 is 8.42 Å². The molecular weight excluding hydrogens is 294 g/mol. The van der Waals surface area contributed by atoms with Gasteiger partial charge >= 0.3 is 0 Å². The van der Waals surface area contributed by atoms with Crippen LogP contribution >= 0.6 is 0 Å². The van der Waals surface area contributed by atoms with Gasteiger partial charge in [-0.2, -0.15) is 4.31 Å². The molecule has 0 spiro atoms. The van der Waals surface area contributed by atoms with Gasteiger partial charge in [-0.05, 0) is 43.4 Å². The molecule has 22 heavy (non-hydrogen) atoms. The Hall–Kier alpha value is -1.65. The molecule has 0 N–H and O–H groups in total. The van der Waals surface area contributed by atoms with Gasteiger partial charge in [0.2, 0.25) is 10.0 Å². The van der Waals surface area contributed by atoms with Gasteiger partial charge in [0.25, 0.3) is 0 Å². The fourth-order valence-electron chi connectivity index (χ4n) is 3.02. The number of rotatable bonds is 3. The summed E-state index contributed by atoms with van der Waals surface area (Å²) >= 11 is 0. The molecule has 0 aliphatic carbocycles. The zero-order chi connectivity index (χ0) is 15.6. The van der Waals surface area contributed by atoms with Gasteiger partial charge in [-0.1, -0.05) is 48.0 Å². The van der Waals surface area contributed by atoms with E-state index in [1.165, 1.54) is 5.56 Å². The van der Waals surface area contributed by atoms with Crippen LogP contribution in [0.15, 0.2) is 59.5 Å². The van der Waals surface area contributed by atoms with E-state index in [0.29, 0.717) is 18.0 Å². The van der Waals surface area contributed by atoms with Gasteiger partial charge in [0, 0.05) is 13.1 Å². The van der Waals surface area contributed by atoms with Crippen molar-refractivity contribution in [3.63, 3.8) is 0 Å². The number of piperidine rings is 1. The maximum Gasteiger partial charge on any atom is 0.243 e. The van der Waals surface area contributed by atoms with Crippen LogP contribution in [0.25, 0.3) is 0 Å². The first-order valence-corrected chi connectivity index (χ1v) is 9.13. The van der Waals surface area contributed by atoms with Crippen molar-refractivity contribution in [1.82, 2.24) is 4.31 Å². The van der Waals surface area contributed by atoms with Gasteiger partial charge in [0.15, 0.2) is 0 Å². The molecule has 0 bridgehead atoms. The molecule has 1 saturated heterocycles. The molecule has 0 aromatic heterocycles. The SMILES string of the molecule is Cc1ccc(S(=O)(=O)N2CCC[C@H](c3ccccc3)C2)cc1. The molecule has 0 saturated carbocycles. The van der Waals surface area contributed by atoms with Crippen LogP contribution in [0.4, 0.5) is 0 Å². The summed E-state index contributed by atoms with van der Waals surface area (Å²) in [5.41, 5.74) is 2.30. The first-order valence-electron chi connectivity index (χ1n) is 7.69. The van der Waals surface area contributed by atoms with Crippen LogP contribution in [0.3, 0.4) is 0 Å².